The normalized spacial score (nSPS) is 14.6. The minimum Gasteiger partial charge on any atom is -0.383 e. The molecule has 170 valence electrons. The molecule has 0 saturated carbocycles. The topological polar surface area (TPSA) is 94.1 Å². The highest BCUT2D eigenvalue weighted by Gasteiger charge is 2.20. The van der Waals surface area contributed by atoms with Gasteiger partial charge in [0, 0.05) is 36.8 Å². The first-order chi connectivity index (χ1) is 16.1. The second kappa shape index (κ2) is 9.52. The fourth-order valence-corrected chi connectivity index (χ4v) is 4.30. The summed E-state index contributed by atoms with van der Waals surface area (Å²) in [7, 11) is 0. The van der Waals surface area contributed by atoms with Crippen LogP contribution in [0.25, 0.3) is 28.0 Å². The summed E-state index contributed by atoms with van der Waals surface area (Å²) in [5, 5.41) is 9.80. The van der Waals surface area contributed by atoms with Crippen molar-refractivity contribution in [2.75, 3.05) is 50.4 Å². The lowest BCUT2D eigenvalue weighted by Gasteiger charge is -2.26. The number of ether oxygens (including phenoxy) is 1. The van der Waals surface area contributed by atoms with Crippen LogP contribution in [-0.4, -0.2) is 64.0 Å². The van der Waals surface area contributed by atoms with Crippen molar-refractivity contribution in [2.24, 2.45) is 0 Å². The fraction of sp³-hybridized carbons (Fsp3) is 0.261. The Bertz CT molecular complexity index is 1290. The zero-order chi connectivity index (χ0) is 22.8. The number of para-hydroxylation sites is 1. The number of rotatable bonds is 6. The molecule has 0 atom stereocenters. The van der Waals surface area contributed by atoms with E-state index < -0.39 is 0 Å². The maximum Gasteiger partial charge on any atom is 0.225 e. The maximum atomic E-state index is 6.55. The number of halogens is 2. The Labute approximate surface area is 201 Å². The SMILES string of the molecule is Nc1c2c(-c3cccc(Cl)c3)nc(NCCN3CCOCC3)nc2nn1-c1ccccc1Cl. The van der Waals surface area contributed by atoms with Gasteiger partial charge < -0.3 is 15.8 Å². The number of hydrogen-bond donors (Lipinski definition) is 2. The molecule has 10 heteroatoms. The second-order valence-corrected chi connectivity index (χ2v) is 8.58. The lowest BCUT2D eigenvalue weighted by Crippen LogP contribution is -2.39. The highest BCUT2D eigenvalue weighted by Crippen LogP contribution is 2.34. The van der Waals surface area contributed by atoms with Crippen LogP contribution in [-0.2, 0) is 4.74 Å². The molecule has 2 aromatic carbocycles. The molecule has 33 heavy (non-hydrogen) atoms. The van der Waals surface area contributed by atoms with Crippen LogP contribution in [0.2, 0.25) is 10.0 Å². The molecular formula is C23H23Cl2N7O. The number of fused-ring (bicyclic) bond motifs is 1. The molecule has 0 aliphatic carbocycles. The molecular weight excluding hydrogens is 461 g/mol. The van der Waals surface area contributed by atoms with Gasteiger partial charge in [-0.25, -0.2) is 9.67 Å². The van der Waals surface area contributed by atoms with E-state index in [9.17, 15) is 0 Å². The van der Waals surface area contributed by atoms with E-state index in [2.05, 4.69) is 20.3 Å². The Kier molecular flexibility index (Phi) is 6.32. The quantitative estimate of drug-likeness (QED) is 0.425. The zero-order valence-electron chi connectivity index (χ0n) is 17.8. The standard InChI is InChI=1S/C23H23Cl2N7O/c24-16-5-3-4-15(14-16)20-19-21(26)32(18-7-2-1-6-17(18)25)30-22(19)29-23(28-20)27-8-9-31-10-12-33-13-11-31/h1-7,14H,8-13,26H2,(H,27,29,30). The average Bonchev–Trinajstić information content (AvgIpc) is 3.16. The number of benzene rings is 2. The molecule has 3 N–H and O–H groups in total. The monoisotopic (exact) mass is 483 g/mol. The summed E-state index contributed by atoms with van der Waals surface area (Å²) < 4.78 is 7.02. The van der Waals surface area contributed by atoms with E-state index in [1.54, 1.807) is 10.7 Å². The number of aromatic nitrogens is 4. The van der Waals surface area contributed by atoms with Gasteiger partial charge in [-0.1, -0.05) is 47.5 Å². The van der Waals surface area contributed by atoms with Gasteiger partial charge in [-0.2, -0.15) is 4.98 Å². The largest absolute Gasteiger partial charge is 0.383 e. The van der Waals surface area contributed by atoms with Crippen LogP contribution in [0, 0.1) is 0 Å². The van der Waals surface area contributed by atoms with Crippen LogP contribution in [0.3, 0.4) is 0 Å². The molecule has 0 bridgehead atoms. The first-order valence-corrected chi connectivity index (χ1v) is 11.5. The lowest BCUT2D eigenvalue weighted by atomic mass is 10.1. The molecule has 1 aliphatic rings. The van der Waals surface area contributed by atoms with Gasteiger partial charge in [0.2, 0.25) is 5.95 Å². The average molecular weight is 484 g/mol. The third-order valence-electron chi connectivity index (χ3n) is 5.56. The van der Waals surface area contributed by atoms with E-state index >= 15 is 0 Å². The number of nitrogen functional groups attached to an aromatic ring is 1. The van der Waals surface area contributed by atoms with Crippen molar-refractivity contribution < 1.29 is 4.74 Å². The number of morpholine rings is 1. The third kappa shape index (κ3) is 4.60. The number of nitrogens with zero attached hydrogens (tertiary/aromatic N) is 5. The van der Waals surface area contributed by atoms with Crippen LogP contribution in [0.4, 0.5) is 11.8 Å². The Morgan fingerprint density at radius 3 is 2.64 bits per heavy atom. The van der Waals surface area contributed by atoms with E-state index in [-0.39, 0.29) is 0 Å². The predicted molar refractivity (Wildman–Crippen MR) is 132 cm³/mol. The van der Waals surface area contributed by atoms with Crippen molar-refractivity contribution in [3.8, 4) is 16.9 Å². The minimum absolute atomic E-state index is 0.410. The van der Waals surface area contributed by atoms with Crippen molar-refractivity contribution in [1.29, 1.82) is 0 Å². The van der Waals surface area contributed by atoms with Crippen molar-refractivity contribution in [3.63, 3.8) is 0 Å². The highest BCUT2D eigenvalue weighted by molar-refractivity contribution is 6.32. The van der Waals surface area contributed by atoms with Crippen molar-refractivity contribution in [1.82, 2.24) is 24.6 Å². The summed E-state index contributed by atoms with van der Waals surface area (Å²) in [6, 6.07) is 14.9. The Hall–Kier alpha value is -2.91. The smallest absolute Gasteiger partial charge is 0.225 e. The van der Waals surface area contributed by atoms with Crippen LogP contribution in [0.5, 0.6) is 0 Å². The van der Waals surface area contributed by atoms with Gasteiger partial charge in [0.05, 0.1) is 35.0 Å². The fourth-order valence-electron chi connectivity index (χ4n) is 3.89. The van der Waals surface area contributed by atoms with Crippen LogP contribution >= 0.6 is 23.2 Å². The molecule has 0 unspecified atom stereocenters. The number of nitrogens with two attached hydrogens (primary N) is 1. The molecule has 1 fully saturated rings. The molecule has 5 rings (SSSR count). The van der Waals surface area contributed by atoms with E-state index in [1.807, 2.05) is 42.5 Å². The first-order valence-electron chi connectivity index (χ1n) is 10.7. The molecule has 4 aromatic rings. The van der Waals surface area contributed by atoms with Crippen molar-refractivity contribution >= 4 is 46.0 Å². The number of nitrogens with one attached hydrogen (secondary N) is 1. The molecule has 0 radical (unpaired) electrons. The summed E-state index contributed by atoms with van der Waals surface area (Å²) >= 11 is 12.7. The molecule has 0 amide bonds. The molecule has 8 nitrogen and oxygen atoms in total. The summed E-state index contributed by atoms with van der Waals surface area (Å²) in [6.07, 6.45) is 0. The van der Waals surface area contributed by atoms with Crippen LogP contribution < -0.4 is 11.1 Å². The molecule has 3 heterocycles. The van der Waals surface area contributed by atoms with Crippen LogP contribution in [0.1, 0.15) is 0 Å². The number of anilines is 2. The van der Waals surface area contributed by atoms with Gasteiger partial charge in [0.15, 0.2) is 5.65 Å². The predicted octanol–water partition coefficient (Wildman–Crippen LogP) is 4.12. The molecule has 1 aliphatic heterocycles. The summed E-state index contributed by atoms with van der Waals surface area (Å²) in [6.45, 7) is 4.94. The molecule has 2 aromatic heterocycles. The first kappa shape index (κ1) is 21.9. The van der Waals surface area contributed by atoms with Gasteiger partial charge in [0.25, 0.3) is 0 Å². The van der Waals surface area contributed by atoms with E-state index in [0.29, 0.717) is 50.8 Å². The third-order valence-corrected chi connectivity index (χ3v) is 6.12. The van der Waals surface area contributed by atoms with E-state index in [0.717, 1.165) is 38.4 Å². The summed E-state index contributed by atoms with van der Waals surface area (Å²) in [5.74, 6) is 0.891. The molecule has 1 saturated heterocycles. The Balaban J connectivity index is 1.55. The van der Waals surface area contributed by atoms with Crippen LogP contribution in [0.15, 0.2) is 48.5 Å². The Morgan fingerprint density at radius 2 is 1.85 bits per heavy atom. The van der Waals surface area contributed by atoms with Crippen molar-refractivity contribution in [2.45, 2.75) is 0 Å². The molecule has 0 spiro atoms. The maximum absolute atomic E-state index is 6.55. The lowest BCUT2D eigenvalue weighted by molar-refractivity contribution is 0.0398. The highest BCUT2D eigenvalue weighted by atomic mass is 35.5. The summed E-state index contributed by atoms with van der Waals surface area (Å²) in [4.78, 5) is 11.8. The van der Waals surface area contributed by atoms with E-state index in [1.165, 1.54) is 0 Å². The number of hydrogen-bond acceptors (Lipinski definition) is 7. The minimum atomic E-state index is 0.410. The van der Waals surface area contributed by atoms with Gasteiger partial charge in [-0.15, -0.1) is 5.10 Å². The van der Waals surface area contributed by atoms with Gasteiger partial charge in [-0.3, -0.25) is 4.90 Å². The Morgan fingerprint density at radius 1 is 1.03 bits per heavy atom. The van der Waals surface area contributed by atoms with Crippen molar-refractivity contribution in [3.05, 3.63) is 58.6 Å². The second-order valence-electron chi connectivity index (χ2n) is 7.73. The van der Waals surface area contributed by atoms with E-state index in [4.69, 9.17) is 38.7 Å². The zero-order valence-corrected chi connectivity index (χ0v) is 19.4. The van der Waals surface area contributed by atoms with Gasteiger partial charge in [-0.05, 0) is 24.3 Å². The van der Waals surface area contributed by atoms with Gasteiger partial charge >= 0.3 is 0 Å². The van der Waals surface area contributed by atoms with Gasteiger partial charge in [0.1, 0.15) is 5.82 Å². The summed E-state index contributed by atoms with van der Waals surface area (Å²) in [5.41, 5.74) is 9.20.